The Morgan fingerprint density at radius 1 is 0.472 bits per heavy atom. The first-order valence-electron chi connectivity index (χ1n) is 11.7. The minimum absolute atomic E-state index is 0.0569. The summed E-state index contributed by atoms with van der Waals surface area (Å²) in [7, 11) is 0. The second kappa shape index (κ2) is 10.5. The van der Waals surface area contributed by atoms with Crippen molar-refractivity contribution < 1.29 is 9.59 Å². The van der Waals surface area contributed by atoms with Crippen molar-refractivity contribution >= 4 is 44.5 Å². The lowest BCUT2D eigenvalue weighted by Crippen LogP contribution is -1.98. The van der Waals surface area contributed by atoms with Crippen molar-refractivity contribution in [2.75, 3.05) is 10.6 Å². The number of ketones is 2. The SMILES string of the molecule is O=C(/C=C/Nc1ccc(N/C=C/C(=O)c2cccc3ccccc23)cc1)c1cccc2ccccc12. The van der Waals surface area contributed by atoms with Gasteiger partial charge in [0.25, 0.3) is 0 Å². The van der Waals surface area contributed by atoms with Crippen LogP contribution < -0.4 is 10.6 Å². The lowest BCUT2D eigenvalue weighted by molar-refractivity contribution is 0.104. The normalized spacial score (nSPS) is 11.3. The Morgan fingerprint density at radius 2 is 0.861 bits per heavy atom. The Morgan fingerprint density at radius 3 is 1.31 bits per heavy atom. The molecule has 0 heterocycles. The van der Waals surface area contributed by atoms with Crippen LogP contribution in [0, 0.1) is 0 Å². The Kier molecular flexibility index (Phi) is 6.68. The molecule has 0 bridgehead atoms. The van der Waals surface area contributed by atoms with E-state index in [1.807, 2.05) is 109 Å². The zero-order valence-corrected chi connectivity index (χ0v) is 19.5. The fraction of sp³-hybridized carbons (Fsp3) is 0. The Hall–Kier alpha value is -4.96. The number of benzene rings is 5. The number of anilines is 2. The van der Waals surface area contributed by atoms with Gasteiger partial charge in [-0.1, -0.05) is 84.9 Å². The molecule has 0 spiro atoms. The molecule has 36 heavy (non-hydrogen) atoms. The highest BCUT2D eigenvalue weighted by Crippen LogP contribution is 2.21. The third kappa shape index (κ3) is 5.08. The first-order chi connectivity index (χ1) is 17.7. The maximum Gasteiger partial charge on any atom is 0.187 e. The van der Waals surface area contributed by atoms with Crippen LogP contribution >= 0.6 is 0 Å². The summed E-state index contributed by atoms with van der Waals surface area (Å²) >= 11 is 0. The molecule has 0 aliphatic rings. The van der Waals surface area contributed by atoms with Crippen LogP contribution in [-0.2, 0) is 0 Å². The lowest BCUT2D eigenvalue weighted by atomic mass is 10.0. The van der Waals surface area contributed by atoms with E-state index in [-0.39, 0.29) is 11.6 Å². The van der Waals surface area contributed by atoms with E-state index in [1.54, 1.807) is 12.4 Å². The number of carbonyl (C=O) groups is 2. The molecule has 5 aromatic rings. The third-order valence-corrected chi connectivity index (χ3v) is 5.96. The monoisotopic (exact) mass is 468 g/mol. The lowest BCUT2D eigenvalue weighted by Gasteiger charge is -2.05. The molecular formula is C32H24N2O2. The molecule has 0 saturated carbocycles. The van der Waals surface area contributed by atoms with Gasteiger partial charge in [-0.3, -0.25) is 9.59 Å². The van der Waals surface area contributed by atoms with Crippen molar-refractivity contribution in [3.8, 4) is 0 Å². The molecule has 4 heteroatoms. The van der Waals surface area contributed by atoms with Crippen molar-refractivity contribution in [2.45, 2.75) is 0 Å². The van der Waals surface area contributed by atoms with Crippen molar-refractivity contribution in [1.82, 2.24) is 0 Å². The molecule has 174 valence electrons. The Labute approximate surface area is 209 Å². The molecule has 5 rings (SSSR count). The molecule has 0 amide bonds. The number of fused-ring (bicyclic) bond motifs is 2. The number of allylic oxidation sites excluding steroid dienone is 2. The number of hydrogen-bond acceptors (Lipinski definition) is 4. The fourth-order valence-electron chi connectivity index (χ4n) is 4.15. The van der Waals surface area contributed by atoms with Gasteiger partial charge in [0.05, 0.1) is 0 Å². The van der Waals surface area contributed by atoms with Gasteiger partial charge in [-0.25, -0.2) is 0 Å². The molecular weight excluding hydrogens is 444 g/mol. The van der Waals surface area contributed by atoms with E-state index >= 15 is 0 Å². The van der Waals surface area contributed by atoms with Gasteiger partial charge in [-0.05, 0) is 45.8 Å². The third-order valence-electron chi connectivity index (χ3n) is 5.96. The van der Waals surface area contributed by atoms with Crippen LogP contribution in [-0.4, -0.2) is 11.6 Å². The van der Waals surface area contributed by atoms with E-state index in [0.29, 0.717) is 11.1 Å². The molecule has 4 nitrogen and oxygen atoms in total. The summed E-state index contributed by atoms with van der Waals surface area (Å²) in [6.07, 6.45) is 6.37. The fourth-order valence-corrected chi connectivity index (χ4v) is 4.15. The maximum absolute atomic E-state index is 12.7. The molecule has 0 unspecified atom stereocenters. The number of carbonyl (C=O) groups excluding carboxylic acids is 2. The number of hydrogen-bond donors (Lipinski definition) is 2. The van der Waals surface area contributed by atoms with Crippen LogP contribution in [0.3, 0.4) is 0 Å². The van der Waals surface area contributed by atoms with E-state index in [0.717, 1.165) is 32.9 Å². The van der Waals surface area contributed by atoms with Crippen LogP contribution in [0.2, 0.25) is 0 Å². The molecule has 2 N–H and O–H groups in total. The van der Waals surface area contributed by atoms with E-state index in [1.165, 1.54) is 12.2 Å². The van der Waals surface area contributed by atoms with Gasteiger partial charge < -0.3 is 10.6 Å². The van der Waals surface area contributed by atoms with Gasteiger partial charge >= 0.3 is 0 Å². The van der Waals surface area contributed by atoms with Crippen LogP contribution in [0.4, 0.5) is 11.4 Å². The maximum atomic E-state index is 12.7. The highest BCUT2D eigenvalue weighted by Gasteiger charge is 2.07. The van der Waals surface area contributed by atoms with Crippen LogP contribution in [0.5, 0.6) is 0 Å². The molecule has 5 aromatic carbocycles. The zero-order chi connectivity index (χ0) is 24.7. The number of rotatable bonds is 8. The molecule has 0 radical (unpaired) electrons. The summed E-state index contributed by atoms with van der Waals surface area (Å²) in [4.78, 5) is 25.4. The summed E-state index contributed by atoms with van der Waals surface area (Å²) in [5.74, 6) is -0.114. The average molecular weight is 469 g/mol. The largest absolute Gasteiger partial charge is 0.362 e. The minimum atomic E-state index is -0.0569. The van der Waals surface area contributed by atoms with E-state index in [2.05, 4.69) is 10.6 Å². The van der Waals surface area contributed by atoms with Gasteiger partial charge in [0.1, 0.15) is 0 Å². The molecule has 0 aromatic heterocycles. The first-order valence-corrected chi connectivity index (χ1v) is 11.7. The van der Waals surface area contributed by atoms with Gasteiger partial charge in [0.15, 0.2) is 11.6 Å². The molecule has 0 atom stereocenters. The predicted octanol–water partition coefficient (Wildman–Crippen LogP) is 7.61. The Balaban J connectivity index is 1.18. The van der Waals surface area contributed by atoms with Crippen LogP contribution in [0.1, 0.15) is 20.7 Å². The molecule has 0 aliphatic heterocycles. The quantitative estimate of drug-likeness (QED) is 0.182. The Bertz CT molecular complexity index is 1480. The van der Waals surface area contributed by atoms with Gasteiger partial charge in [0.2, 0.25) is 0 Å². The minimum Gasteiger partial charge on any atom is -0.362 e. The predicted molar refractivity (Wildman–Crippen MR) is 149 cm³/mol. The summed E-state index contributed by atoms with van der Waals surface area (Å²) in [6.45, 7) is 0. The smallest absolute Gasteiger partial charge is 0.187 e. The second-order valence-electron chi connectivity index (χ2n) is 8.31. The van der Waals surface area contributed by atoms with Crippen LogP contribution in [0.15, 0.2) is 134 Å². The van der Waals surface area contributed by atoms with Crippen molar-refractivity contribution in [3.05, 3.63) is 145 Å². The molecule has 0 aliphatic carbocycles. The second-order valence-corrected chi connectivity index (χ2v) is 8.31. The summed E-state index contributed by atoms with van der Waals surface area (Å²) < 4.78 is 0. The van der Waals surface area contributed by atoms with Gasteiger partial charge in [-0.15, -0.1) is 0 Å². The van der Waals surface area contributed by atoms with E-state index < -0.39 is 0 Å². The molecule has 0 fully saturated rings. The number of nitrogens with one attached hydrogen (secondary N) is 2. The van der Waals surface area contributed by atoms with Gasteiger partial charge in [-0.2, -0.15) is 0 Å². The van der Waals surface area contributed by atoms with E-state index in [9.17, 15) is 9.59 Å². The summed E-state index contributed by atoms with van der Waals surface area (Å²) in [5.41, 5.74) is 3.04. The standard InChI is InChI=1S/C32H24N2O2/c35-31(29-13-5-9-23-7-1-3-11-27(23)29)19-21-33-25-15-17-26(18-16-25)34-22-20-32(36)30-14-6-10-24-8-2-4-12-28(24)30/h1-22,33-34H/b21-19+,22-20+. The van der Waals surface area contributed by atoms with E-state index in [4.69, 9.17) is 0 Å². The van der Waals surface area contributed by atoms with Crippen molar-refractivity contribution in [1.29, 1.82) is 0 Å². The van der Waals surface area contributed by atoms with Gasteiger partial charge in [0, 0.05) is 47.1 Å². The van der Waals surface area contributed by atoms with Crippen LogP contribution in [0.25, 0.3) is 21.5 Å². The highest BCUT2D eigenvalue weighted by atomic mass is 16.1. The topological polar surface area (TPSA) is 58.2 Å². The molecule has 0 saturated heterocycles. The summed E-state index contributed by atoms with van der Waals surface area (Å²) in [6, 6.07) is 34.8. The first kappa shape index (κ1) is 22.8. The van der Waals surface area contributed by atoms with Crippen molar-refractivity contribution in [2.24, 2.45) is 0 Å². The van der Waals surface area contributed by atoms with Crippen molar-refractivity contribution in [3.63, 3.8) is 0 Å². The zero-order valence-electron chi connectivity index (χ0n) is 19.5. The summed E-state index contributed by atoms with van der Waals surface area (Å²) in [5, 5.41) is 10.2. The average Bonchev–Trinajstić information content (AvgIpc) is 2.93. The highest BCUT2D eigenvalue weighted by molar-refractivity contribution is 6.14.